The molecule has 1 saturated heterocycles. The molecule has 5 nitrogen and oxygen atoms in total. The van der Waals surface area contributed by atoms with Gasteiger partial charge in [-0.15, -0.1) is 0 Å². The van der Waals surface area contributed by atoms with Gasteiger partial charge in [0.25, 0.3) is 6.01 Å². The van der Waals surface area contributed by atoms with Crippen molar-refractivity contribution in [2.75, 3.05) is 24.5 Å². The molecule has 1 aliphatic rings. The summed E-state index contributed by atoms with van der Waals surface area (Å²) >= 11 is 0. The van der Waals surface area contributed by atoms with Gasteiger partial charge in [0.05, 0.1) is 0 Å². The number of fused-ring (bicyclic) bond motifs is 1. The molecule has 3 rings (SSSR count). The highest BCUT2D eigenvalue weighted by Gasteiger charge is 2.23. The molecule has 0 saturated carbocycles. The Morgan fingerprint density at radius 2 is 2.09 bits per heavy atom. The van der Waals surface area contributed by atoms with E-state index in [4.69, 9.17) is 4.42 Å². The lowest BCUT2D eigenvalue weighted by Crippen LogP contribution is -2.39. The van der Waals surface area contributed by atoms with E-state index in [-0.39, 0.29) is 11.8 Å². The molecular weight excluding hydrogens is 278 g/mol. The van der Waals surface area contributed by atoms with Crippen molar-refractivity contribution in [1.82, 2.24) is 10.3 Å². The molecule has 0 atom stereocenters. The van der Waals surface area contributed by atoms with Crippen molar-refractivity contribution >= 4 is 23.0 Å². The van der Waals surface area contributed by atoms with Gasteiger partial charge in [-0.05, 0) is 30.9 Å². The van der Waals surface area contributed by atoms with Crippen LogP contribution in [0.1, 0.15) is 26.7 Å². The third kappa shape index (κ3) is 3.24. The quantitative estimate of drug-likeness (QED) is 0.943. The van der Waals surface area contributed by atoms with E-state index in [1.54, 1.807) is 0 Å². The molecule has 2 aromatic rings. The first-order valence-corrected chi connectivity index (χ1v) is 8.01. The number of rotatable bonds is 4. The first kappa shape index (κ1) is 14.9. The van der Waals surface area contributed by atoms with Crippen molar-refractivity contribution in [2.24, 2.45) is 11.8 Å². The average molecular weight is 301 g/mol. The summed E-state index contributed by atoms with van der Waals surface area (Å²) in [6.07, 6.45) is 2.11. The van der Waals surface area contributed by atoms with E-state index in [2.05, 4.69) is 15.2 Å². The van der Waals surface area contributed by atoms with Crippen molar-refractivity contribution in [2.45, 2.75) is 26.7 Å². The highest BCUT2D eigenvalue weighted by Crippen LogP contribution is 2.26. The van der Waals surface area contributed by atoms with Gasteiger partial charge in [-0.25, -0.2) is 0 Å². The Hall–Kier alpha value is -2.04. The molecule has 0 radical (unpaired) electrons. The lowest BCUT2D eigenvalue weighted by atomic mass is 9.97. The van der Waals surface area contributed by atoms with E-state index >= 15 is 0 Å². The van der Waals surface area contributed by atoms with Crippen LogP contribution < -0.4 is 10.2 Å². The fourth-order valence-corrected chi connectivity index (χ4v) is 2.77. The second kappa shape index (κ2) is 6.38. The number of hydrogen-bond acceptors (Lipinski definition) is 4. The van der Waals surface area contributed by atoms with Gasteiger partial charge in [0.1, 0.15) is 5.52 Å². The number of para-hydroxylation sites is 2. The Morgan fingerprint density at radius 3 is 2.77 bits per heavy atom. The number of anilines is 1. The zero-order valence-corrected chi connectivity index (χ0v) is 13.2. The number of amides is 1. The summed E-state index contributed by atoms with van der Waals surface area (Å²) in [7, 11) is 0. The second-order valence-electron chi connectivity index (χ2n) is 6.29. The van der Waals surface area contributed by atoms with E-state index in [9.17, 15) is 4.79 Å². The van der Waals surface area contributed by atoms with Gasteiger partial charge in [-0.1, -0.05) is 26.0 Å². The Morgan fingerprint density at radius 1 is 1.36 bits per heavy atom. The van der Waals surface area contributed by atoms with E-state index in [0.717, 1.165) is 43.6 Å². The van der Waals surface area contributed by atoms with Crippen molar-refractivity contribution in [3.8, 4) is 0 Å². The topological polar surface area (TPSA) is 58.4 Å². The summed E-state index contributed by atoms with van der Waals surface area (Å²) < 4.78 is 5.82. The normalized spacial score (nSPS) is 16.4. The van der Waals surface area contributed by atoms with Crippen LogP contribution in [0.3, 0.4) is 0 Å². The molecule has 0 spiro atoms. The summed E-state index contributed by atoms with van der Waals surface area (Å²) in [4.78, 5) is 18.4. The van der Waals surface area contributed by atoms with Gasteiger partial charge >= 0.3 is 0 Å². The predicted molar refractivity (Wildman–Crippen MR) is 86.8 cm³/mol. The van der Waals surface area contributed by atoms with Gasteiger partial charge in [-0.3, -0.25) is 4.79 Å². The minimum absolute atomic E-state index is 0.0554. The number of piperidine rings is 1. The van der Waals surface area contributed by atoms with Crippen molar-refractivity contribution in [3.63, 3.8) is 0 Å². The number of carbonyl (C=O) groups excluding carboxylic acids is 1. The van der Waals surface area contributed by atoms with Crippen LogP contribution in [0.25, 0.3) is 11.1 Å². The highest BCUT2D eigenvalue weighted by atomic mass is 16.4. The van der Waals surface area contributed by atoms with E-state index in [0.29, 0.717) is 11.9 Å². The molecular formula is C17H23N3O2. The van der Waals surface area contributed by atoms with E-state index in [1.807, 2.05) is 38.1 Å². The number of hydrogen-bond donors (Lipinski definition) is 1. The smallest absolute Gasteiger partial charge is 0.298 e. The Kier molecular flexibility index (Phi) is 4.32. The van der Waals surface area contributed by atoms with Gasteiger partial charge in [0, 0.05) is 25.6 Å². The Bertz CT molecular complexity index is 609. The van der Waals surface area contributed by atoms with Crippen LogP contribution in [0.15, 0.2) is 28.7 Å². The third-order valence-electron chi connectivity index (χ3n) is 4.26. The summed E-state index contributed by atoms with van der Waals surface area (Å²) in [6, 6.07) is 8.56. The summed E-state index contributed by atoms with van der Waals surface area (Å²) in [6.45, 7) is 6.47. The molecule has 5 heteroatoms. The molecule has 22 heavy (non-hydrogen) atoms. The molecule has 1 amide bonds. The Labute approximate surface area is 130 Å². The zero-order valence-electron chi connectivity index (χ0n) is 13.2. The molecule has 1 fully saturated rings. The number of aromatic nitrogens is 1. The van der Waals surface area contributed by atoms with Crippen molar-refractivity contribution < 1.29 is 9.21 Å². The number of carbonyl (C=O) groups is 1. The molecule has 1 N–H and O–H groups in total. The molecule has 118 valence electrons. The second-order valence-corrected chi connectivity index (χ2v) is 6.29. The van der Waals surface area contributed by atoms with Crippen LogP contribution in [-0.2, 0) is 4.79 Å². The van der Waals surface area contributed by atoms with Gasteiger partial charge < -0.3 is 14.6 Å². The van der Waals surface area contributed by atoms with Crippen molar-refractivity contribution in [3.05, 3.63) is 24.3 Å². The largest absolute Gasteiger partial charge is 0.423 e. The molecule has 1 aromatic heterocycles. The summed E-state index contributed by atoms with van der Waals surface area (Å²) in [5.74, 6) is 0.740. The van der Waals surface area contributed by atoms with Gasteiger partial charge in [0.2, 0.25) is 5.91 Å². The standard InChI is InChI=1S/C17H23N3O2/c1-12(2)16(21)18-11-13-7-9-20(10-8-13)17-19-14-5-3-4-6-15(14)22-17/h3-6,12-13H,7-11H2,1-2H3,(H,18,21). The van der Waals surface area contributed by atoms with Crippen LogP contribution >= 0.6 is 0 Å². The van der Waals surface area contributed by atoms with E-state index < -0.39 is 0 Å². The Balaban J connectivity index is 1.54. The molecule has 0 unspecified atom stereocenters. The van der Waals surface area contributed by atoms with Crippen molar-refractivity contribution in [1.29, 1.82) is 0 Å². The van der Waals surface area contributed by atoms with Crippen LogP contribution in [-0.4, -0.2) is 30.5 Å². The minimum atomic E-state index is 0.0554. The molecule has 1 aromatic carbocycles. The molecule has 0 aliphatic carbocycles. The van der Waals surface area contributed by atoms with Crippen LogP contribution in [0.2, 0.25) is 0 Å². The minimum Gasteiger partial charge on any atom is -0.423 e. The number of nitrogens with zero attached hydrogens (tertiary/aromatic N) is 2. The molecule has 1 aliphatic heterocycles. The predicted octanol–water partition coefficient (Wildman–Crippen LogP) is 2.82. The SMILES string of the molecule is CC(C)C(=O)NCC1CCN(c2nc3ccccc3o2)CC1. The third-order valence-corrected chi connectivity index (χ3v) is 4.26. The lowest BCUT2D eigenvalue weighted by Gasteiger charge is -2.31. The molecule has 2 heterocycles. The maximum Gasteiger partial charge on any atom is 0.298 e. The fraction of sp³-hybridized carbons (Fsp3) is 0.529. The lowest BCUT2D eigenvalue weighted by molar-refractivity contribution is -0.124. The maximum atomic E-state index is 11.6. The monoisotopic (exact) mass is 301 g/mol. The fourth-order valence-electron chi connectivity index (χ4n) is 2.77. The van der Waals surface area contributed by atoms with Gasteiger partial charge in [0.15, 0.2) is 5.58 Å². The molecule has 0 bridgehead atoms. The first-order valence-electron chi connectivity index (χ1n) is 8.01. The summed E-state index contributed by atoms with van der Waals surface area (Å²) in [5, 5.41) is 3.03. The van der Waals surface area contributed by atoms with E-state index in [1.165, 1.54) is 0 Å². The summed E-state index contributed by atoms with van der Waals surface area (Å²) in [5.41, 5.74) is 1.74. The van der Waals surface area contributed by atoms with Crippen LogP contribution in [0, 0.1) is 11.8 Å². The first-order chi connectivity index (χ1) is 10.6. The zero-order chi connectivity index (χ0) is 15.5. The maximum absolute atomic E-state index is 11.6. The highest BCUT2D eigenvalue weighted by molar-refractivity contribution is 5.77. The number of oxazole rings is 1. The van der Waals surface area contributed by atoms with Gasteiger partial charge in [-0.2, -0.15) is 4.98 Å². The van der Waals surface area contributed by atoms with Crippen LogP contribution in [0.5, 0.6) is 0 Å². The number of nitrogens with one attached hydrogen (secondary N) is 1. The number of benzene rings is 1. The average Bonchev–Trinajstić information content (AvgIpc) is 2.97. The van der Waals surface area contributed by atoms with Crippen LogP contribution in [0.4, 0.5) is 6.01 Å².